The topological polar surface area (TPSA) is 49.4 Å². The summed E-state index contributed by atoms with van der Waals surface area (Å²) >= 11 is 7.55. The largest absolute Gasteiger partial charge is 0.352 e. The molecule has 0 saturated heterocycles. The van der Waals surface area contributed by atoms with Gasteiger partial charge in [-0.2, -0.15) is 0 Å². The van der Waals surface area contributed by atoms with Crippen molar-refractivity contribution in [3.05, 3.63) is 106 Å². The number of rotatable bonds is 11. The molecule has 1 aliphatic rings. The number of halogens is 2. The van der Waals surface area contributed by atoms with Crippen LogP contribution in [0.4, 0.5) is 4.39 Å². The number of nitrogens with one attached hydrogen (secondary N) is 1. The molecule has 1 atom stereocenters. The van der Waals surface area contributed by atoms with E-state index in [2.05, 4.69) is 5.32 Å². The van der Waals surface area contributed by atoms with E-state index >= 15 is 0 Å². The molecule has 7 heteroatoms. The molecular weight excluding hydrogens is 507 g/mol. The quantitative estimate of drug-likeness (QED) is 0.307. The van der Waals surface area contributed by atoms with Gasteiger partial charge >= 0.3 is 0 Å². The molecule has 1 unspecified atom stereocenters. The molecule has 0 bridgehead atoms. The van der Waals surface area contributed by atoms with Crippen molar-refractivity contribution in [3.63, 3.8) is 0 Å². The molecule has 0 heterocycles. The highest BCUT2D eigenvalue weighted by Crippen LogP contribution is 2.22. The fourth-order valence-electron chi connectivity index (χ4n) is 4.63. The summed E-state index contributed by atoms with van der Waals surface area (Å²) in [6, 6.07) is 23.0. The van der Waals surface area contributed by atoms with Gasteiger partial charge in [-0.25, -0.2) is 4.39 Å². The Balaban J connectivity index is 1.55. The average Bonchev–Trinajstić information content (AvgIpc) is 3.42. The van der Waals surface area contributed by atoms with Crippen molar-refractivity contribution in [1.29, 1.82) is 0 Å². The molecule has 0 radical (unpaired) electrons. The van der Waals surface area contributed by atoms with Crippen molar-refractivity contribution in [3.8, 4) is 0 Å². The first-order valence-corrected chi connectivity index (χ1v) is 14.2. The molecule has 1 N–H and O–H groups in total. The minimum absolute atomic E-state index is 0.107. The summed E-state index contributed by atoms with van der Waals surface area (Å²) in [7, 11) is 0. The standard InChI is InChI=1S/C30H32ClFN2O2S/c31-25-14-10-23(11-15-25)19-34(29(35)21-37-20-24-12-16-26(32)17-13-24)28(18-22-6-2-1-3-7-22)30(36)33-27-8-4-5-9-27/h1-3,6-7,10-17,27-28H,4-5,8-9,18-21H2,(H,33,36). The van der Waals surface area contributed by atoms with E-state index in [1.165, 1.54) is 23.9 Å². The fourth-order valence-corrected chi connectivity index (χ4v) is 5.62. The first-order chi connectivity index (χ1) is 18.0. The van der Waals surface area contributed by atoms with E-state index in [-0.39, 0.29) is 29.4 Å². The highest BCUT2D eigenvalue weighted by atomic mass is 35.5. The molecule has 3 aromatic rings. The number of carbonyl (C=O) groups is 2. The second-order valence-electron chi connectivity index (χ2n) is 9.46. The van der Waals surface area contributed by atoms with E-state index in [0.29, 0.717) is 23.7 Å². The molecular formula is C30H32ClFN2O2S. The molecule has 3 aromatic carbocycles. The predicted octanol–water partition coefficient (Wildman–Crippen LogP) is 6.41. The molecule has 1 saturated carbocycles. The summed E-state index contributed by atoms with van der Waals surface area (Å²) in [6.07, 6.45) is 4.61. The van der Waals surface area contributed by atoms with Crippen LogP contribution in [0.2, 0.25) is 5.02 Å². The molecule has 0 aromatic heterocycles. The van der Waals surface area contributed by atoms with Gasteiger partial charge in [0.05, 0.1) is 5.75 Å². The second kappa shape index (κ2) is 13.6. The maximum atomic E-state index is 13.7. The first kappa shape index (κ1) is 27.2. The Hall–Kier alpha value is -2.83. The Morgan fingerprint density at radius 2 is 1.57 bits per heavy atom. The number of carbonyl (C=O) groups excluding carboxylic acids is 2. The van der Waals surface area contributed by atoms with Gasteiger partial charge in [-0.15, -0.1) is 11.8 Å². The zero-order valence-electron chi connectivity index (χ0n) is 20.7. The normalized spacial score (nSPS) is 14.3. The molecule has 4 rings (SSSR count). The Kier molecular flexibility index (Phi) is 10.0. The smallest absolute Gasteiger partial charge is 0.243 e. The average molecular weight is 539 g/mol. The van der Waals surface area contributed by atoms with Crippen LogP contribution in [0, 0.1) is 5.82 Å². The SMILES string of the molecule is O=C(NC1CCCC1)C(Cc1ccccc1)N(Cc1ccc(Cl)cc1)C(=O)CSCc1ccc(F)cc1. The van der Waals surface area contributed by atoms with Crippen LogP contribution in [0.5, 0.6) is 0 Å². The summed E-state index contributed by atoms with van der Waals surface area (Å²) < 4.78 is 13.3. The maximum Gasteiger partial charge on any atom is 0.243 e. The van der Waals surface area contributed by atoms with Gasteiger partial charge in [-0.1, -0.05) is 79.0 Å². The third-order valence-electron chi connectivity index (χ3n) is 6.65. The first-order valence-electron chi connectivity index (χ1n) is 12.7. The fraction of sp³-hybridized carbons (Fsp3) is 0.333. The van der Waals surface area contributed by atoms with Crippen LogP contribution >= 0.6 is 23.4 Å². The van der Waals surface area contributed by atoms with E-state index in [9.17, 15) is 14.0 Å². The molecule has 0 spiro atoms. The van der Waals surface area contributed by atoms with Crippen molar-refractivity contribution in [1.82, 2.24) is 10.2 Å². The van der Waals surface area contributed by atoms with Gasteiger partial charge in [-0.05, 0) is 53.8 Å². The van der Waals surface area contributed by atoms with Crippen LogP contribution in [-0.4, -0.2) is 34.6 Å². The Morgan fingerprint density at radius 1 is 0.919 bits per heavy atom. The Morgan fingerprint density at radius 3 is 2.24 bits per heavy atom. The third kappa shape index (κ3) is 8.34. The molecule has 4 nitrogen and oxygen atoms in total. The van der Waals surface area contributed by atoms with Crippen LogP contribution in [-0.2, 0) is 28.3 Å². The predicted molar refractivity (Wildman–Crippen MR) is 149 cm³/mol. The van der Waals surface area contributed by atoms with Crippen molar-refractivity contribution < 1.29 is 14.0 Å². The summed E-state index contributed by atoms with van der Waals surface area (Å²) in [5, 5.41) is 3.84. The van der Waals surface area contributed by atoms with Crippen molar-refractivity contribution in [2.24, 2.45) is 0 Å². The van der Waals surface area contributed by atoms with Crippen LogP contribution in [0.1, 0.15) is 42.4 Å². The van der Waals surface area contributed by atoms with Crippen LogP contribution in [0.15, 0.2) is 78.9 Å². The Labute approximate surface area is 227 Å². The lowest BCUT2D eigenvalue weighted by Gasteiger charge is -2.32. The summed E-state index contributed by atoms with van der Waals surface area (Å²) in [6.45, 7) is 0.308. The van der Waals surface area contributed by atoms with Crippen LogP contribution < -0.4 is 5.32 Å². The number of amides is 2. The number of nitrogens with zero attached hydrogens (tertiary/aromatic N) is 1. The van der Waals surface area contributed by atoms with Crippen molar-refractivity contribution in [2.75, 3.05) is 5.75 Å². The lowest BCUT2D eigenvalue weighted by Crippen LogP contribution is -2.52. The number of thioether (sulfide) groups is 1. The van der Waals surface area contributed by atoms with Gasteiger partial charge in [0.2, 0.25) is 11.8 Å². The monoisotopic (exact) mass is 538 g/mol. The van der Waals surface area contributed by atoms with Gasteiger partial charge in [0.15, 0.2) is 0 Å². The zero-order chi connectivity index (χ0) is 26.0. The minimum atomic E-state index is -0.641. The van der Waals surface area contributed by atoms with Crippen molar-refractivity contribution >= 4 is 35.2 Å². The van der Waals surface area contributed by atoms with Crippen LogP contribution in [0.3, 0.4) is 0 Å². The van der Waals surface area contributed by atoms with Gasteiger partial charge in [0.1, 0.15) is 11.9 Å². The molecule has 1 aliphatic carbocycles. The molecule has 0 aliphatic heterocycles. The van der Waals surface area contributed by atoms with Crippen molar-refractivity contribution in [2.45, 2.75) is 56.5 Å². The third-order valence-corrected chi connectivity index (χ3v) is 7.89. The highest BCUT2D eigenvalue weighted by Gasteiger charge is 2.32. The number of hydrogen-bond donors (Lipinski definition) is 1. The van der Waals surface area contributed by atoms with E-state index in [1.54, 1.807) is 29.2 Å². The van der Waals surface area contributed by atoms with Gasteiger partial charge < -0.3 is 10.2 Å². The molecule has 2 amide bonds. The van der Waals surface area contributed by atoms with E-state index in [0.717, 1.165) is 42.4 Å². The molecule has 37 heavy (non-hydrogen) atoms. The lowest BCUT2D eigenvalue weighted by atomic mass is 10.0. The second-order valence-corrected chi connectivity index (χ2v) is 10.9. The van der Waals surface area contributed by atoms with Gasteiger partial charge in [-0.3, -0.25) is 9.59 Å². The van der Waals surface area contributed by atoms with Gasteiger partial charge in [0, 0.05) is 29.8 Å². The number of benzene rings is 3. The molecule has 194 valence electrons. The lowest BCUT2D eigenvalue weighted by molar-refractivity contribution is -0.139. The van der Waals surface area contributed by atoms with Gasteiger partial charge in [0.25, 0.3) is 0 Å². The summed E-state index contributed by atoms with van der Waals surface area (Å²) in [5.41, 5.74) is 2.86. The van der Waals surface area contributed by atoms with E-state index < -0.39 is 6.04 Å². The summed E-state index contributed by atoms with van der Waals surface area (Å²) in [4.78, 5) is 29.0. The Bertz CT molecular complexity index is 1150. The zero-order valence-corrected chi connectivity index (χ0v) is 22.3. The maximum absolute atomic E-state index is 13.7. The van der Waals surface area contributed by atoms with Crippen LogP contribution in [0.25, 0.3) is 0 Å². The van der Waals surface area contributed by atoms with E-state index in [4.69, 9.17) is 11.6 Å². The molecule has 1 fully saturated rings. The minimum Gasteiger partial charge on any atom is -0.352 e. The van der Waals surface area contributed by atoms with E-state index in [1.807, 2.05) is 42.5 Å². The number of hydrogen-bond acceptors (Lipinski definition) is 3. The summed E-state index contributed by atoms with van der Waals surface area (Å²) in [5.74, 6) is 0.299. The highest BCUT2D eigenvalue weighted by molar-refractivity contribution is 7.99.